The van der Waals surface area contributed by atoms with E-state index in [1.54, 1.807) is 0 Å². The highest BCUT2D eigenvalue weighted by molar-refractivity contribution is 6.30. The predicted molar refractivity (Wildman–Crippen MR) is 83.8 cm³/mol. The number of benzene rings is 1. The van der Waals surface area contributed by atoms with Crippen LogP contribution in [0.4, 0.5) is 5.69 Å². The first-order valence-corrected chi connectivity index (χ1v) is 7.64. The summed E-state index contributed by atoms with van der Waals surface area (Å²) in [5.74, 6) is 1.10. The number of nitrogens with two attached hydrogens (primary N) is 1. The SMILES string of the molecule is CC(C)C1CCC(Nc2ccc(Cl)cc2)(C(N)=O)CC1. The highest BCUT2D eigenvalue weighted by Gasteiger charge is 2.40. The summed E-state index contributed by atoms with van der Waals surface area (Å²) in [7, 11) is 0. The van der Waals surface area contributed by atoms with Crippen LogP contribution >= 0.6 is 11.6 Å². The number of nitrogens with one attached hydrogen (secondary N) is 1. The van der Waals surface area contributed by atoms with Gasteiger partial charge in [0, 0.05) is 10.7 Å². The van der Waals surface area contributed by atoms with E-state index < -0.39 is 5.54 Å². The van der Waals surface area contributed by atoms with Gasteiger partial charge in [0.25, 0.3) is 0 Å². The molecule has 1 aliphatic rings. The van der Waals surface area contributed by atoms with Crippen molar-refractivity contribution in [1.82, 2.24) is 0 Å². The number of hydrogen-bond donors (Lipinski definition) is 2. The fourth-order valence-electron chi connectivity index (χ4n) is 3.04. The zero-order valence-corrected chi connectivity index (χ0v) is 12.9. The number of anilines is 1. The standard InChI is InChI=1S/C16H23ClN2O/c1-11(2)12-7-9-16(10-8-12,15(18)20)19-14-5-3-13(17)4-6-14/h3-6,11-12,19H,7-10H2,1-2H3,(H2,18,20). The first-order valence-electron chi connectivity index (χ1n) is 7.26. The minimum absolute atomic E-state index is 0.255. The quantitative estimate of drug-likeness (QED) is 0.887. The minimum Gasteiger partial charge on any atom is -0.371 e. The molecule has 3 nitrogen and oxygen atoms in total. The van der Waals surface area contributed by atoms with Gasteiger partial charge in [-0.2, -0.15) is 0 Å². The molecule has 0 heterocycles. The van der Waals surface area contributed by atoms with E-state index in [-0.39, 0.29) is 5.91 Å². The summed E-state index contributed by atoms with van der Waals surface area (Å²) in [5, 5.41) is 4.03. The Hall–Kier alpha value is -1.22. The summed E-state index contributed by atoms with van der Waals surface area (Å²) in [6.45, 7) is 4.49. The maximum atomic E-state index is 12.0. The molecule has 3 N–H and O–H groups in total. The first-order chi connectivity index (χ1) is 9.43. The second-order valence-electron chi connectivity index (χ2n) is 6.16. The van der Waals surface area contributed by atoms with Crippen LogP contribution in [0.25, 0.3) is 0 Å². The van der Waals surface area contributed by atoms with Gasteiger partial charge < -0.3 is 11.1 Å². The molecule has 1 fully saturated rings. The average Bonchev–Trinajstić information content (AvgIpc) is 2.42. The van der Waals surface area contributed by atoms with Crippen LogP contribution in [0.5, 0.6) is 0 Å². The fourth-order valence-corrected chi connectivity index (χ4v) is 3.17. The van der Waals surface area contributed by atoms with Crippen molar-refractivity contribution >= 4 is 23.2 Å². The molecule has 1 aromatic rings. The molecule has 2 rings (SSSR count). The molecule has 0 aliphatic heterocycles. The van der Waals surface area contributed by atoms with Gasteiger partial charge in [0.05, 0.1) is 0 Å². The molecule has 1 amide bonds. The van der Waals surface area contributed by atoms with Gasteiger partial charge >= 0.3 is 0 Å². The summed E-state index contributed by atoms with van der Waals surface area (Å²) >= 11 is 5.89. The molecule has 0 bridgehead atoms. The van der Waals surface area contributed by atoms with E-state index in [2.05, 4.69) is 19.2 Å². The Morgan fingerprint density at radius 2 is 1.85 bits per heavy atom. The van der Waals surface area contributed by atoms with Crippen molar-refractivity contribution in [2.45, 2.75) is 45.1 Å². The number of carbonyl (C=O) groups excluding carboxylic acids is 1. The molecule has 0 atom stereocenters. The van der Waals surface area contributed by atoms with Gasteiger partial charge in [-0.25, -0.2) is 0 Å². The number of primary amides is 1. The maximum absolute atomic E-state index is 12.0. The molecular weight excluding hydrogens is 272 g/mol. The van der Waals surface area contributed by atoms with Crippen molar-refractivity contribution in [1.29, 1.82) is 0 Å². The monoisotopic (exact) mass is 294 g/mol. The van der Waals surface area contributed by atoms with Crippen molar-refractivity contribution in [3.63, 3.8) is 0 Å². The van der Waals surface area contributed by atoms with Gasteiger partial charge in [0.1, 0.15) is 5.54 Å². The van der Waals surface area contributed by atoms with Gasteiger partial charge in [-0.05, 0) is 61.8 Å². The van der Waals surface area contributed by atoms with Crippen molar-refractivity contribution in [2.24, 2.45) is 17.6 Å². The van der Waals surface area contributed by atoms with Crippen molar-refractivity contribution < 1.29 is 4.79 Å². The van der Waals surface area contributed by atoms with Gasteiger partial charge in [-0.15, -0.1) is 0 Å². The molecule has 1 saturated carbocycles. The molecule has 4 heteroatoms. The van der Waals surface area contributed by atoms with E-state index in [0.29, 0.717) is 16.9 Å². The zero-order chi connectivity index (χ0) is 14.8. The van der Waals surface area contributed by atoms with Crippen LogP contribution in [-0.4, -0.2) is 11.4 Å². The van der Waals surface area contributed by atoms with Crippen LogP contribution < -0.4 is 11.1 Å². The molecule has 0 saturated heterocycles. The van der Waals surface area contributed by atoms with Crippen LogP contribution in [-0.2, 0) is 4.79 Å². The Balaban J connectivity index is 2.12. The highest BCUT2D eigenvalue weighted by Crippen LogP contribution is 2.37. The van der Waals surface area contributed by atoms with E-state index in [1.807, 2.05) is 24.3 Å². The number of hydrogen-bond acceptors (Lipinski definition) is 2. The zero-order valence-electron chi connectivity index (χ0n) is 12.2. The molecule has 0 spiro atoms. The smallest absolute Gasteiger partial charge is 0.243 e. The largest absolute Gasteiger partial charge is 0.371 e. The number of halogens is 1. The molecule has 0 radical (unpaired) electrons. The lowest BCUT2D eigenvalue weighted by Crippen LogP contribution is -2.53. The van der Waals surface area contributed by atoms with Crippen molar-refractivity contribution in [3.05, 3.63) is 29.3 Å². The Bertz CT molecular complexity index is 462. The number of carbonyl (C=O) groups is 1. The third-order valence-electron chi connectivity index (χ3n) is 4.53. The van der Waals surface area contributed by atoms with Crippen LogP contribution in [0.2, 0.25) is 5.02 Å². The Morgan fingerprint density at radius 3 is 2.30 bits per heavy atom. The van der Waals surface area contributed by atoms with Gasteiger partial charge in [0.2, 0.25) is 5.91 Å². The lowest BCUT2D eigenvalue weighted by molar-refractivity contribution is -0.123. The summed E-state index contributed by atoms with van der Waals surface area (Å²) < 4.78 is 0. The van der Waals surface area contributed by atoms with Gasteiger partial charge in [-0.3, -0.25) is 4.79 Å². The second kappa shape index (κ2) is 6.04. The van der Waals surface area contributed by atoms with E-state index in [4.69, 9.17) is 17.3 Å². The van der Waals surface area contributed by atoms with E-state index >= 15 is 0 Å². The lowest BCUT2D eigenvalue weighted by Gasteiger charge is -2.40. The molecule has 0 aromatic heterocycles. The average molecular weight is 295 g/mol. The molecule has 110 valence electrons. The number of rotatable bonds is 4. The van der Waals surface area contributed by atoms with Gasteiger partial charge in [0.15, 0.2) is 0 Å². The van der Waals surface area contributed by atoms with Crippen LogP contribution in [0.3, 0.4) is 0 Å². The van der Waals surface area contributed by atoms with Crippen LogP contribution in [0, 0.1) is 11.8 Å². The van der Waals surface area contributed by atoms with Crippen LogP contribution in [0.1, 0.15) is 39.5 Å². The molecule has 0 unspecified atom stereocenters. The summed E-state index contributed by atoms with van der Waals surface area (Å²) in [6, 6.07) is 7.42. The third-order valence-corrected chi connectivity index (χ3v) is 4.78. The molecule has 1 aliphatic carbocycles. The van der Waals surface area contributed by atoms with E-state index in [1.165, 1.54) is 0 Å². The topological polar surface area (TPSA) is 55.1 Å². The normalized spacial score (nSPS) is 26.5. The summed E-state index contributed by atoms with van der Waals surface area (Å²) in [6.07, 6.45) is 3.68. The summed E-state index contributed by atoms with van der Waals surface area (Å²) in [5.41, 5.74) is 5.96. The van der Waals surface area contributed by atoms with E-state index in [9.17, 15) is 4.79 Å². The minimum atomic E-state index is -0.612. The molecule has 20 heavy (non-hydrogen) atoms. The van der Waals surface area contributed by atoms with E-state index in [0.717, 1.165) is 31.4 Å². The summed E-state index contributed by atoms with van der Waals surface area (Å²) in [4.78, 5) is 12.0. The fraction of sp³-hybridized carbons (Fsp3) is 0.562. The second-order valence-corrected chi connectivity index (χ2v) is 6.60. The van der Waals surface area contributed by atoms with Crippen molar-refractivity contribution in [2.75, 3.05) is 5.32 Å². The predicted octanol–water partition coefficient (Wildman–Crippen LogP) is 3.82. The number of amides is 1. The lowest BCUT2D eigenvalue weighted by atomic mass is 9.72. The van der Waals surface area contributed by atoms with Gasteiger partial charge in [-0.1, -0.05) is 25.4 Å². The Labute approximate surface area is 125 Å². The van der Waals surface area contributed by atoms with Crippen LogP contribution in [0.15, 0.2) is 24.3 Å². The molecule has 1 aromatic carbocycles. The first kappa shape index (κ1) is 15.2. The maximum Gasteiger partial charge on any atom is 0.243 e. The van der Waals surface area contributed by atoms with Crippen molar-refractivity contribution in [3.8, 4) is 0 Å². The highest BCUT2D eigenvalue weighted by atomic mass is 35.5. The Morgan fingerprint density at radius 1 is 1.30 bits per heavy atom. The third kappa shape index (κ3) is 3.26. The molecular formula is C16H23ClN2O. The Kier molecular flexibility index (Phi) is 4.59.